The fourth-order valence-corrected chi connectivity index (χ4v) is 2.43. The summed E-state index contributed by atoms with van der Waals surface area (Å²) in [5.41, 5.74) is 1.33. The van der Waals surface area contributed by atoms with Gasteiger partial charge in [0.15, 0.2) is 0 Å². The molecular formula is C19H19NO. The van der Waals surface area contributed by atoms with E-state index >= 15 is 0 Å². The molecule has 0 aromatic heterocycles. The Morgan fingerprint density at radius 2 is 1.52 bits per heavy atom. The molecule has 3 aromatic carbocycles. The molecule has 3 rings (SSSR count). The molecule has 0 unspecified atom stereocenters. The quantitative estimate of drug-likeness (QED) is 0.687. The van der Waals surface area contributed by atoms with Crippen LogP contribution in [0.4, 0.5) is 0 Å². The third kappa shape index (κ3) is 3.61. The number of rotatable bonds is 6. The monoisotopic (exact) mass is 277 g/mol. The molecular weight excluding hydrogens is 258 g/mol. The summed E-state index contributed by atoms with van der Waals surface area (Å²) in [7, 11) is 0. The van der Waals surface area contributed by atoms with Crippen molar-refractivity contribution in [2.45, 2.75) is 6.54 Å². The van der Waals surface area contributed by atoms with Gasteiger partial charge in [-0.15, -0.1) is 0 Å². The van der Waals surface area contributed by atoms with Crippen molar-refractivity contribution in [3.63, 3.8) is 0 Å². The molecule has 1 N–H and O–H groups in total. The van der Waals surface area contributed by atoms with Gasteiger partial charge in [-0.3, -0.25) is 0 Å². The summed E-state index contributed by atoms with van der Waals surface area (Å²) < 4.78 is 5.67. The maximum absolute atomic E-state index is 5.67. The second kappa shape index (κ2) is 6.91. The molecule has 0 aliphatic carbocycles. The van der Waals surface area contributed by atoms with Gasteiger partial charge in [0.1, 0.15) is 12.4 Å². The topological polar surface area (TPSA) is 21.3 Å². The van der Waals surface area contributed by atoms with Gasteiger partial charge in [0.05, 0.1) is 0 Å². The molecule has 3 aromatic rings. The standard InChI is InChI=1S/C19H19NO/c1-2-10-18(11-3-1)21-14-13-20-15-17-9-6-8-16-7-4-5-12-19(16)17/h1-12,20H,13-15H2. The molecule has 106 valence electrons. The van der Waals surface area contributed by atoms with Crippen molar-refractivity contribution >= 4 is 10.8 Å². The summed E-state index contributed by atoms with van der Waals surface area (Å²) in [6.45, 7) is 2.37. The van der Waals surface area contributed by atoms with E-state index in [2.05, 4.69) is 47.8 Å². The highest BCUT2D eigenvalue weighted by Crippen LogP contribution is 2.18. The van der Waals surface area contributed by atoms with E-state index in [0.29, 0.717) is 6.61 Å². The third-order valence-corrected chi connectivity index (χ3v) is 3.49. The lowest BCUT2D eigenvalue weighted by Gasteiger charge is -2.09. The first kappa shape index (κ1) is 13.7. The van der Waals surface area contributed by atoms with E-state index in [-0.39, 0.29) is 0 Å². The van der Waals surface area contributed by atoms with Crippen LogP contribution in [-0.4, -0.2) is 13.2 Å². The van der Waals surface area contributed by atoms with E-state index < -0.39 is 0 Å². The lowest BCUT2D eigenvalue weighted by Crippen LogP contribution is -2.20. The molecule has 2 heteroatoms. The van der Waals surface area contributed by atoms with Crippen molar-refractivity contribution < 1.29 is 4.74 Å². The summed E-state index contributed by atoms with van der Waals surface area (Å²) in [6.07, 6.45) is 0. The fraction of sp³-hybridized carbons (Fsp3) is 0.158. The molecule has 0 saturated carbocycles. The molecule has 0 spiro atoms. The van der Waals surface area contributed by atoms with Gasteiger partial charge in [-0.05, 0) is 28.5 Å². The lowest BCUT2D eigenvalue weighted by molar-refractivity contribution is 0.314. The Hall–Kier alpha value is -2.32. The number of benzene rings is 3. The van der Waals surface area contributed by atoms with Crippen LogP contribution in [0.5, 0.6) is 5.75 Å². The minimum Gasteiger partial charge on any atom is -0.492 e. The fourth-order valence-electron chi connectivity index (χ4n) is 2.43. The number of hydrogen-bond donors (Lipinski definition) is 1. The Morgan fingerprint density at radius 1 is 0.762 bits per heavy atom. The first-order valence-corrected chi connectivity index (χ1v) is 7.29. The van der Waals surface area contributed by atoms with Crippen LogP contribution in [0.15, 0.2) is 72.8 Å². The first-order valence-electron chi connectivity index (χ1n) is 7.29. The molecule has 2 nitrogen and oxygen atoms in total. The maximum Gasteiger partial charge on any atom is 0.119 e. The normalized spacial score (nSPS) is 10.7. The smallest absolute Gasteiger partial charge is 0.119 e. The summed E-state index contributed by atoms with van der Waals surface area (Å²) in [6, 6.07) is 24.8. The van der Waals surface area contributed by atoms with Gasteiger partial charge in [0, 0.05) is 13.1 Å². The van der Waals surface area contributed by atoms with Crippen molar-refractivity contribution in [2.24, 2.45) is 0 Å². The van der Waals surface area contributed by atoms with Gasteiger partial charge < -0.3 is 10.1 Å². The first-order chi connectivity index (χ1) is 10.4. The average Bonchev–Trinajstić information content (AvgIpc) is 2.56. The van der Waals surface area contributed by atoms with Crippen molar-refractivity contribution in [2.75, 3.05) is 13.2 Å². The van der Waals surface area contributed by atoms with Crippen molar-refractivity contribution in [1.29, 1.82) is 0 Å². The lowest BCUT2D eigenvalue weighted by atomic mass is 10.0. The van der Waals surface area contributed by atoms with Gasteiger partial charge in [0.25, 0.3) is 0 Å². The Labute approximate surface area is 125 Å². The molecule has 0 amide bonds. The van der Waals surface area contributed by atoms with Gasteiger partial charge >= 0.3 is 0 Å². The molecule has 0 radical (unpaired) electrons. The molecule has 21 heavy (non-hydrogen) atoms. The highest BCUT2D eigenvalue weighted by atomic mass is 16.5. The predicted octanol–water partition coefficient (Wildman–Crippen LogP) is 4.01. The van der Waals surface area contributed by atoms with Gasteiger partial charge in [-0.25, -0.2) is 0 Å². The van der Waals surface area contributed by atoms with Crippen molar-refractivity contribution in [3.05, 3.63) is 78.4 Å². The molecule has 0 atom stereocenters. The predicted molar refractivity (Wildman–Crippen MR) is 87.6 cm³/mol. The van der Waals surface area contributed by atoms with E-state index in [4.69, 9.17) is 4.74 Å². The zero-order chi connectivity index (χ0) is 14.3. The van der Waals surface area contributed by atoms with Crippen LogP contribution < -0.4 is 10.1 Å². The summed E-state index contributed by atoms with van der Waals surface area (Å²) in [5, 5.41) is 6.04. The van der Waals surface area contributed by atoms with Crippen LogP contribution >= 0.6 is 0 Å². The minimum atomic E-state index is 0.675. The zero-order valence-electron chi connectivity index (χ0n) is 12.0. The Morgan fingerprint density at radius 3 is 2.43 bits per heavy atom. The van der Waals surface area contributed by atoms with E-state index in [1.807, 2.05) is 30.3 Å². The van der Waals surface area contributed by atoms with Crippen LogP contribution in [0.2, 0.25) is 0 Å². The van der Waals surface area contributed by atoms with E-state index in [9.17, 15) is 0 Å². The van der Waals surface area contributed by atoms with Crippen LogP contribution in [-0.2, 0) is 6.54 Å². The molecule has 0 bridgehead atoms. The van der Waals surface area contributed by atoms with Crippen LogP contribution in [0.3, 0.4) is 0 Å². The Kier molecular flexibility index (Phi) is 4.49. The van der Waals surface area contributed by atoms with Crippen LogP contribution in [0.1, 0.15) is 5.56 Å². The summed E-state index contributed by atoms with van der Waals surface area (Å²) in [4.78, 5) is 0. The average molecular weight is 277 g/mol. The largest absolute Gasteiger partial charge is 0.492 e. The Bertz CT molecular complexity index is 689. The maximum atomic E-state index is 5.67. The van der Waals surface area contributed by atoms with E-state index in [1.165, 1.54) is 16.3 Å². The number of ether oxygens (including phenoxy) is 1. The second-order valence-electron chi connectivity index (χ2n) is 4.98. The van der Waals surface area contributed by atoms with Crippen molar-refractivity contribution in [3.8, 4) is 5.75 Å². The van der Waals surface area contributed by atoms with E-state index in [0.717, 1.165) is 18.8 Å². The number of para-hydroxylation sites is 1. The number of nitrogens with one attached hydrogen (secondary N) is 1. The van der Waals surface area contributed by atoms with Crippen LogP contribution in [0, 0.1) is 0 Å². The zero-order valence-corrected chi connectivity index (χ0v) is 12.0. The molecule has 0 saturated heterocycles. The highest BCUT2D eigenvalue weighted by molar-refractivity contribution is 5.85. The highest BCUT2D eigenvalue weighted by Gasteiger charge is 1.99. The molecule has 0 heterocycles. The summed E-state index contributed by atoms with van der Waals surface area (Å²) >= 11 is 0. The molecule has 0 fully saturated rings. The number of fused-ring (bicyclic) bond motifs is 1. The SMILES string of the molecule is c1ccc(OCCNCc2cccc3ccccc23)cc1. The van der Waals surface area contributed by atoms with Gasteiger partial charge in [-0.2, -0.15) is 0 Å². The molecule has 0 aliphatic rings. The Balaban J connectivity index is 1.51. The van der Waals surface area contributed by atoms with Gasteiger partial charge in [0.2, 0.25) is 0 Å². The number of hydrogen-bond acceptors (Lipinski definition) is 2. The summed E-state index contributed by atoms with van der Waals surface area (Å²) in [5.74, 6) is 0.921. The van der Waals surface area contributed by atoms with Crippen molar-refractivity contribution in [1.82, 2.24) is 5.32 Å². The minimum absolute atomic E-state index is 0.675. The second-order valence-corrected chi connectivity index (χ2v) is 4.98. The van der Waals surface area contributed by atoms with Gasteiger partial charge in [-0.1, -0.05) is 60.7 Å². The third-order valence-electron chi connectivity index (χ3n) is 3.49. The van der Waals surface area contributed by atoms with Crippen LogP contribution in [0.25, 0.3) is 10.8 Å². The van der Waals surface area contributed by atoms with E-state index in [1.54, 1.807) is 0 Å². The molecule has 0 aliphatic heterocycles.